The van der Waals surface area contributed by atoms with Crippen LogP contribution in [0.4, 0.5) is 0 Å². The van der Waals surface area contributed by atoms with Crippen molar-refractivity contribution in [1.82, 2.24) is 15.2 Å². The number of hydrogen-bond donors (Lipinski definition) is 1. The second kappa shape index (κ2) is 7.21. The van der Waals surface area contributed by atoms with Gasteiger partial charge in [-0.05, 0) is 30.2 Å². The van der Waals surface area contributed by atoms with Crippen LogP contribution in [0.2, 0.25) is 0 Å². The minimum Gasteiger partial charge on any atom is -0.481 e. The van der Waals surface area contributed by atoms with E-state index >= 15 is 0 Å². The first-order valence-electron chi connectivity index (χ1n) is 8.63. The molecule has 1 aromatic carbocycles. The Bertz CT molecular complexity index is 794. The van der Waals surface area contributed by atoms with Crippen molar-refractivity contribution in [2.45, 2.75) is 19.0 Å². The van der Waals surface area contributed by atoms with Crippen molar-refractivity contribution in [2.24, 2.45) is 0 Å². The topological polar surface area (TPSA) is 72.9 Å². The van der Waals surface area contributed by atoms with E-state index in [4.69, 9.17) is 14.2 Å². The summed E-state index contributed by atoms with van der Waals surface area (Å²) in [6, 6.07) is 9.29. The van der Waals surface area contributed by atoms with E-state index in [0.29, 0.717) is 22.9 Å². The quantitative estimate of drug-likeness (QED) is 0.882. The molecule has 1 atom stereocenters. The minimum atomic E-state index is -0.0822. The Morgan fingerprint density at radius 2 is 2.19 bits per heavy atom. The number of carbonyl (C=O) groups excluding carboxylic acids is 1. The number of ether oxygens (including phenoxy) is 3. The third-order valence-corrected chi connectivity index (χ3v) is 4.66. The van der Waals surface area contributed by atoms with E-state index in [0.717, 1.165) is 31.6 Å². The molecule has 0 saturated carbocycles. The van der Waals surface area contributed by atoms with Crippen LogP contribution in [0.1, 0.15) is 22.3 Å². The molecule has 7 heteroatoms. The van der Waals surface area contributed by atoms with Crippen molar-refractivity contribution < 1.29 is 19.0 Å². The van der Waals surface area contributed by atoms with Crippen LogP contribution in [0.5, 0.6) is 17.4 Å². The summed E-state index contributed by atoms with van der Waals surface area (Å²) in [5, 5.41) is 3.11. The molecular weight excluding hydrogens is 334 g/mol. The Morgan fingerprint density at radius 3 is 3.00 bits per heavy atom. The van der Waals surface area contributed by atoms with E-state index in [2.05, 4.69) is 15.2 Å². The van der Waals surface area contributed by atoms with Crippen molar-refractivity contribution >= 4 is 5.91 Å². The summed E-state index contributed by atoms with van der Waals surface area (Å²) in [6.07, 6.45) is 2.76. The number of nitrogens with one attached hydrogen (secondary N) is 1. The maximum Gasteiger partial charge on any atom is 0.251 e. The molecule has 1 amide bonds. The van der Waals surface area contributed by atoms with Gasteiger partial charge in [0.15, 0.2) is 11.5 Å². The average Bonchev–Trinajstić information content (AvgIpc) is 3.31. The molecule has 0 radical (unpaired) electrons. The molecule has 1 fully saturated rings. The van der Waals surface area contributed by atoms with E-state index in [1.165, 1.54) is 0 Å². The standard InChI is InChI=1S/C19H21N3O4/c1-24-18-5-2-13(9-20-18)10-22-7-6-15(11-22)21-19(23)14-3-4-16-17(8-14)26-12-25-16/h2-5,8-9,15H,6-7,10-12H2,1H3,(H,21,23). The number of benzene rings is 1. The van der Waals surface area contributed by atoms with Gasteiger partial charge < -0.3 is 19.5 Å². The molecule has 1 aromatic heterocycles. The van der Waals surface area contributed by atoms with Crippen LogP contribution in [0.3, 0.4) is 0 Å². The predicted octanol–water partition coefficient (Wildman–Crippen LogP) is 1.82. The second-order valence-corrected chi connectivity index (χ2v) is 6.47. The summed E-state index contributed by atoms with van der Waals surface area (Å²) in [4.78, 5) is 19.0. The van der Waals surface area contributed by atoms with E-state index in [9.17, 15) is 4.79 Å². The Hall–Kier alpha value is -2.80. The molecule has 4 rings (SSSR count). The average molecular weight is 355 g/mol. The molecule has 136 valence electrons. The number of rotatable bonds is 5. The van der Waals surface area contributed by atoms with Gasteiger partial charge in [0, 0.05) is 43.5 Å². The molecule has 1 saturated heterocycles. The largest absolute Gasteiger partial charge is 0.481 e. The van der Waals surface area contributed by atoms with Crippen molar-refractivity contribution in [1.29, 1.82) is 0 Å². The first-order valence-corrected chi connectivity index (χ1v) is 8.63. The normalized spacial score (nSPS) is 18.7. The fraction of sp³-hybridized carbons (Fsp3) is 0.368. The molecule has 0 bridgehead atoms. The van der Waals surface area contributed by atoms with Crippen LogP contribution in [-0.2, 0) is 6.54 Å². The van der Waals surface area contributed by atoms with E-state index in [1.807, 2.05) is 18.3 Å². The summed E-state index contributed by atoms with van der Waals surface area (Å²) < 4.78 is 15.7. The number of likely N-dealkylation sites (tertiary alicyclic amines) is 1. The smallest absolute Gasteiger partial charge is 0.251 e. The van der Waals surface area contributed by atoms with Gasteiger partial charge in [-0.2, -0.15) is 0 Å². The molecule has 3 heterocycles. The number of fused-ring (bicyclic) bond motifs is 1. The highest BCUT2D eigenvalue weighted by Crippen LogP contribution is 2.32. The lowest BCUT2D eigenvalue weighted by Crippen LogP contribution is -2.36. The third-order valence-electron chi connectivity index (χ3n) is 4.66. The Labute approximate surface area is 151 Å². The maximum atomic E-state index is 12.5. The molecular formula is C19H21N3O4. The first-order chi connectivity index (χ1) is 12.7. The molecule has 1 N–H and O–H groups in total. The highest BCUT2D eigenvalue weighted by atomic mass is 16.7. The maximum absolute atomic E-state index is 12.5. The molecule has 2 aromatic rings. The van der Waals surface area contributed by atoms with Crippen LogP contribution in [0.15, 0.2) is 36.5 Å². The fourth-order valence-corrected chi connectivity index (χ4v) is 3.28. The monoisotopic (exact) mass is 355 g/mol. The Kier molecular flexibility index (Phi) is 4.62. The summed E-state index contributed by atoms with van der Waals surface area (Å²) in [5.74, 6) is 1.84. The number of amides is 1. The lowest BCUT2D eigenvalue weighted by Gasteiger charge is -2.17. The van der Waals surface area contributed by atoms with Crippen LogP contribution >= 0.6 is 0 Å². The molecule has 1 unspecified atom stereocenters. The van der Waals surface area contributed by atoms with Crippen LogP contribution in [0, 0.1) is 0 Å². The van der Waals surface area contributed by atoms with Crippen LogP contribution in [-0.4, -0.2) is 48.8 Å². The first kappa shape index (κ1) is 16.7. The molecule has 2 aliphatic heterocycles. The van der Waals surface area contributed by atoms with E-state index in [1.54, 1.807) is 25.3 Å². The van der Waals surface area contributed by atoms with Crippen molar-refractivity contribution in [2.75, 3.05) is 27.0 Å². The minimum absolute atomic E-state index is 0.0822. The highest BCUT2D eigenvalue weighted by Gasteiger charge is 2.25. The molecule has 0 aliphatic carbocycles. The van der Waals surface area contributed by atoms with Gasteiger partial charge in [-0.15, -0.1) is 0 Å². The summed E-state index contributed by atoms with van der Waals surface area (Å²) >= 11 is 0. The van der Waals surface area contributed by atoms with Gasteiger partial charge in [-0.25, -0.2) is 4.98 Å². The number of aromatic nitrogens is 1. The summed E-state index contributed by atoms with van der Waals surface area (Å²) in [5.41, 5.74) is 1.72. The summed E-state index contributed by atoms with van der Waals surface area (Å²) in [7, 11) is 1.61. The number of nitrogens with zero attached hydrogens (tertiary/aromatic N) is 2. The zero-order chi connectivity index (χ0) is 17.9. The predicted molar refractivity (Wildman–Crippen MR) is 94.5 cm³/mol. The molecule has 7 nitrogen and oxygen atoms in total. The van der Waals surface area contributed by atoms with Gasteiger partial charge in [0.2, 0.25) is 12.7 Å². The summed E-state index contributed by atoms with van der Waals surface area (Å²) in [6.45, 7) is 2.78. The van der Waals surface area contributed by atoms with Crippen LogP contribution < -0.4 is 19.5 Å². The van der Waals surface area contributed by atoms with Gasteiger partial charge in [0.05, 0.1) is 7.11 Å². The SMILES string of the molecule is COc1ccc(CN2CCC(NC(=O)c3ccc4c(c3)OCO4)C2)cn1. The zero-order valence-corrected chi connectivity index (χ0v) is 14.6. The second-order valence-electron chi connectivity index (χ2n) is 6.47. The van der Waals surface area contributed by atoms with Crippen molar-refractivity contribution in [3.05, 3.63) is 47.7 Å². The van der Waals surface area contributed by atoms with Gasteiger partial charge in [0.1, 0.15) is 0 Å². The van der Waals surface area contributed by atoms with Gasteiger partial charge in [-0.3, -0.25) is 9.69 Å². The molecule has 2 aliphatic rings. The van der Waals surface area contributed by atoms with Gasteiger partial charge in [-0.1, -0.05) is 6.07 Å². The zero-order valence-electron chi connectivity index (χ0n) is 14.6. The lowest BCUT2D eigenvalue weighted by molar-refractivity contribution is 0.0937. The third kappa shape index (κ3) is 3.57. The Morgan fingerprint density at radius 1 is 1.31 bits per heavy atom. The van der Waals surface area contributed by atoms with Gasteiger partial charge in [0.25, 0.3) is 5.91 Å². The number of pyridine rings is 1. The lowest BCUT2D eigenvalue weighted by atomic mass is 10.1. The number of methoxy groups -OCH3 is 1. The molecule has 0 spiro atoms. The van der Waals surface area contributed by atoms with Crippen LogP contribution in [0.25, 0.3) is 0 Å². The van der Waals surface area contributed by atoms with Crippen molar-refractivity contribution in [3.63, 3.8) is 0 Å². The molecule has 26 heavy (non-hydrogen) atoms. The highest BCUT2D eigenvalue weighted by molar-refractivity contribution is 5.95. The number of carbonyl (C=O) groups is 1. The van der Waals surface area contributed by atoms with E-state index < -0.39 is 0 Å². The Balaban J connectivity index is 1.31. The number of hydrogen-bond acceptors (Lipinski definition) is 6. The van der Waals surface area contributed by atoms with Crippen molar-refractivity contribution in [3.8, 4) is 17.4 Å². The fourth-order valence-electron chi connectivity index (χ4n) is 3.28. The van der Waals surface area contributed by atoms with Gasteiger partial charge >= 0.3 is 0 Å². The van der Waals surface area contributed by atoms with E-state index in [-0.39, 0.29) is 18.7 Å².